The number of nitrogens with zero attached hydrogens (tertiary/aromatic N) is 4. The summed E-state index contributed by atoms with van der Waals surface area (Å²) in [5.74, 6) is 0.527. The summed E-state index contributed by atoms with van der Waals surface area (Å²) in [6, 6.07) is 26.3. The molecule has 0 unspecified atom stereocenters. The molecule has 5 aromatic rings. The summed E-state index contributed by atoms with van der Waals surface area (Å²) < 4.78 is 41.1. The van der Waals surface area contributed by atoms with Crippen molar-refractivity contribution in [2.45, 2.75) is 31.5 Å². The van der Waals surface area contributed by atoms with Gasteiger partial charge in [0.25, 0.3) is 5.56 Å². The number of piperidine rings is 1. The molecule has 6 rings (SSSR count). The normalized spacial score (nSPS) is 14.4. The van der Waals surface area contributed by atoms with Crippen LogP contribution in [0.15, 0.2) is 102 Å². The Balaban J connectivity index is 1.28. The summed E-state index contributed by atoms with van der Waals surface area (Å²) in [5, 5.41) is 4.25. The lowest BCUT2D eigenvalue weighted by molar-refractivity contribution is -0.137. The van der Waals surface area contributed by atoms with Gasteiger partial charge in [0.15, 0.2) is 5.65 Å². The van der Waals surface area contributed by atoms with Crippen molar-refractivity contribution in [3.63, 3.8) is 0 Å². The Hall–Kier alpha value is -4.50. The number of alkyl halides is 3. The van der Waals surface area contributed by atoms with Crippen LogP contribution < -0.4 is 15.8 Å². The van der Waals surface area contributed by atoms with Crippen LogP contribution >= 0.6 is 0 Å². The molecule has 1 saturated heterocycles. The quantitative estimate of drug-likeness (QED) is 0.251. The Morgan fingerprint density at radius 2 is 1.55 bits per heavy atom. The van der Waals surface area contributed by atoms with Crippen LogP contribution in [0.1, 0.15) is 24.0 Å². The van der Waals surface area contributed by atoms with Crippen molar-refractivity contribution >= 4 is 17.0 Å². The molecular weight excluding hydrogens is 539 g/mol. The van der Waals surface area contributed by atoms with Gasteiger partial charge in [0.2, 0.25) is 5.95 Å². The summed E-state index contributed by atoms with van der Waals surface area (Å²) in [6.07, 6.45) is 0.0849. The van der Waals surface area contributed by atoms with Gasteiger partial charge in [0, 0.05) is 36.8 Å². The van der Waals surface area contributed by atoms with Crippen LogP contribution in [0, 0.1) is 0 Å². The third kappa shape index (κ3) is 5.92. The SMILES string of the molecule is O=c1cc(-c2ccc(C(F)(F)F)cc2)c2cnc(N3CCC(NCCc4ccccc4)CC3)nc2n1-c1ccccc1. The van der Waals surface area contributed by atoms with Crippen LogP contribution in [0.4, 0.5) is 19.1 Å². The van der Waals surface area contributed by atoms with E-state index in [9.17, 15) is 18.0 Å². The molecule has 0 amide bonds. The van der Waals surface area contributed by atoms with Crippen LogP contribution in [-0.2, 0) is 12.6 Å². The number of anilines is 1. The van der Waals surface area contributed by atoms with Crippen molar-refractivity contribution in [3.05, 3.63) is 119 Å². The Morgan fingerprint density at radius 3 is 2.21 bits per heavy atom. The predicted molar refractivity (Wildman–Crippen MR) is 159 cm³/mol. The maximum atomic E-state index is 13.5. The highest BCUT2D eigenvalue weighted by molar-refractivity contribution is 5.93. The average Bonchev–Trinajstić information content (AvgIpc) is 3.01. The lowest BCUT2D eigenvalue weighted by Crippen LogP contribution is -2.43. The maximum Gasteiger partial charge on any atom is 0.416 e. The molecule has 0 bridgehead atoms. The first-order chi connectivity index (χ1) is 20.4. The topological polar surface area (TPSA) is 63.1 Å². The van der Waals surface area contributed by atoms with Gasteiger partial charge in [-0.05, 0) is 66.8 Å². The van der Waals surface area contributed by atoms with E-state index in [1.165, 1.54) is 28.3 Å². The van der Waals surface area contributed by atoms with Gasteiger partial charge in [0.1, 0.15) is 0 Å². The van der Waals surface area contributed by atoms with Crippen LogP contribution in [0.25, 0.3) is 27.8 Å². The molecule has 6 nitrogen and oxygen atoms in total. The number of para-hydroxylation sites is 1. The fourth-order valence-electron chi connectivity index (χ4n) is 5.50. The molecule has 1 aliphatic rings. The first-order valence-electron chi connectivity index (χ1n) is 14.0. The number of fused-ring (bicyclic) bond motifs is 1. The highest BCUT2D eigenvalue weighted by Crippen LogP contribution is 2.33. The summed E-state index contributed by atoms with van der Waals surface area (Å²) >= 11 is 0. The minimum Gasteiger partial charge on any atom is -0.341 e. The Bertz CT molecular complexity index is 1710. The van der Waals surface area contributed by atoms with E-state index in [2.05, 4.69) is 39.5 Å². The first kappa shape index (κ1) is 27.7. The number of halogens is 3. The molecule has 1 aliphatic heterocycles. The molecule has 3 aromatic carbocycles. The van der Waals surface area contributed by atoms with Crippen LogP contribution in [0.2, 0.25) is 0 Å². The molecule has 42 heavy (non-hydrogen) atoms. The Labute approximate surface area is 241 Å². The maximum absolute atomic E-state index is 13.5. The molecule has 214 valence electrons. The number of nitrogens with one attached hydrogen (secondary N) is 1. The van der Waals surface area contributed by atoms with Gasteiger partial charge in [-0.2, -0.15) is 18.2 Å². The zero-order valence-electron chi connectivity index (χ0n) is 22.9. The monoisotopic (exact) mass is 569 g/mol. The third-order valence-electron chi connectivity index (χ3n) is 7.75. The molecule has 9 heteroatoms. The molecular formula is C33H30F3N5O. The number of hydrogen-bond donors (Lipinski definition) is 1. The van der Waals surface area contributed by atoms with E-state index in [0.29, 0.717) is 39.8 Å². The summed E-state index contributed by atoms with van der Waals surface area (Å²) in [5.41, 5.74) is 2.29. The lowest BCUT2D eigenvalue weighted by Gasteiger charge is -2.32. The fourth-order valence-corrected chi connectivity index (χ4v) is 5.50. The molecule has 0 aliphatic carbocycles. The van der Waals surface area contributed by atoms with Crippen molar-refractivity contribution in [3.8, 4) is 16.8 Å². The minimum absolute atomic E-state index is 0.324. The van der Waals surface area contributed by atoms with E-state index >= 15 is 0 Å². The van der Waals surface area contributed by atoms with Crippen molar-refractivity contribution in [1.82, 2.24) is 19.9 Å². The second-order valence-corrected chi connectivity index (χ2v) is 10.5. The van der Waals surface area contributed by atoms with Gasteiger partial charge < -0.3 is 10.2 Å². The molecule has 1 N–H and O–H groups in total. The third-order valence-corrected chi connectivity index (χ3v) is 7.75. The average molecular weight is 570 g/mol. The lowest BCUT2D eigenvalue weighted by atomic mass is 10.0. The summed E-state index contributed by atoms with van der Waals surface area (Å²) in [6.45, 7) is 2.45. The molecule has 0 saturated carbocycles. The molecule has 3 heterocycles. The zero-order chi connectivity index (χ0) is 29.1. The van der Waals surface area contributed by atoms with E-state index < -0.39 is 11.7 Å². The highest BCUT2D eigenvalue weighted by Gasteiger charge is 2.30. The van der Waals surface area contributed by atoms with E-state index in [4.69, 9.17) is 4.98 Å². The molecule has 0 spiro atoms. The number of rotatable bonds is 7. The van der Waals surface area contributed by atoms with Gasteiger partial charge in [0.05, 0.1) is 11.3 Å². The van der Waals surface area contributed by atoms with Gasteiger partial charge in [-0.25, -0.2) is 4.98 Å². The van der Waals surface area contributed by atoms with Crippen LogP contribution in [0.5, 0.6) is 0 Å². The first-order valence-corrected chi connectivity index (χ1v) is 14.0. The fraction of sp³-hybridized carbons (Fsp3) is 0.242. The second-order valence-electron chi connectivity index (χ2n) is 10.5. The predicted octanol–water partition coefficient (Wildman–Crippen LogP) is 6.27. The number of pyridine rings is 1. The molecule has 0 radical (unpaired) electrons. The second kappa shape index (κ2) is 11.8. The van der Waals surface area contributed by atoms with Crippen molar-refractivity contribution in [2.24, 2.45) is 0 Å². The minimum atomic E-state index is -4.44. The van der Waals surface area contributed by atoms with Crippen molar-refractivity contribution < 1.29 is 13.2 Å². The number of benzene rings is 3. The summed E-state index contributed by atoms with van der Waals surface area (Å²) in [7, 11) is 0. The Kier molecular flexibility index (Phi) is 7.75. The molecule has 1 fully saturated rings. The van der Waals surface area contributed by atoms with Crippen LogP contribution in [-0.4, -0.2) is 40.2 Å². The van der Waals surface area contributed by atoms with Crippen LogP contribution in [0.3, 0.4) is 0 Å². The number of aromatic nitrogens is 3. The highest BCUT2D eigenvalue weighted by atomic mass is 19.4. The van der Waals surface area contributed by atoms with Gasteiger partial charge in [-0.3, -0.25) is 9.36 Å². The van der Waals surface area contributed by atoms with Crippen molar-refractivity contribution in [2.75, 3.05) is 24.5 Å². The van der Waals surface area contributed by atoms with Gasteiger partial charge in [-0.15, -0.1) is 0 Å². The Morgan fingerprint density at radius 1 is 0.881 bits per heavy atom. The van der Waals surface area contributed by atoms with Crippen molar-refractivity contribution in [1.29, 1.82) is 0 Å². The molecule has 0 atom stereocenters. The van der Waals surface area contributed by atoms with Gasteiger partial charge in [-0.1, -0.05) is 60.7 Å². The smallest absolute Gasteiger partial charge is 0.341 e. The number of hydrogen-bond acceptors (Lipinski definition) is 5. The van der Waals surface area contributed by atoms with E-state index in [-0.39, 0.29) is 5.56 Å². The standard InChI is InChI=1S/C33H30F3N5O/c34-33(35,36)25-13-11-24(12-14-25)28-21-30(42)41(27-9-5-2-6-10-27)31-29(28)22-38-32(39-31)40-19-16-26(17-20-40)37-18-15-23-7-3-1-4-8-23/h1-14,21-22,26,37H,15-20H2. The molecule has 2 aromatic heterocycles. The van der Waals surface area contributed by atoms with Gasteiger partial charge >= 0.3 is 6.18 Å². The zero-order valence-corrected chi connectivity index (χ0v) is 22.9. The largest absolute Gasteiger partial charge is 0.416 e. The van der Waals surface area contributed by atoms with E-state index in [1.54, 1.807) is 6.20 Å². The summed E-state index contributed by atoms with van der Waals surface area (Å²) in [4.78, 5) is 25.2. The van der Waals surface area contributed by atoms with E-state index in [1.807, 2.05) is 36.4 Å². The van der Waals surface area contributed by atoms with E-state index in [0.717, 1.165) is 51.0 Å².